The summed E-state index contributed by atoms with van der Waals surface area (Å²) in [5.74, 6) is -1.14. The zero-order valence-electron chi connectivity index (χ0n) is 20.2. The smallest absolute Gasteiger partial charge is 0.295 e. The van der Waals surface area contributed by atoms with Crippen LogP contribution in [0.2, 0.25) is 5.02 Å². The molecule has 4 aromatic rings. The lowest BCUT2D eigenvalue weighted by molar-refractivity contribution is -0.139. The van der Waals surface area contributed by atoms with Crippen molar-refractivity contribution in [3.63, 3.8) is 0 Å². The summed E-state index contributed by atoms with van der Waals surface area (Å²) in [5, 5.41) is 12.8. The molecule has 3 aromatic carbocycles. The summed E-state index contributed by atoms with van der Waals surface area (Å²) in [6.07, 6.45) is 2.51. The van der Waals surface area contributed by atoms with E-state index in [4.69, 9.17) is 11.6 Å². The third-order valence-corrected chi connectivity index (χ3v) is 7.13. The molecule has 1 aliphatic heterocycles. The van der Waals surface area contributed by atoms with Crippen molar-refractivity contribution in [2.45, 2.75) is 32.2 Å². The molecule has 5 rings (SSSR count). The highest BCUT2D eigenvalue weighted by atomic mass is 35.5. The van der Waals surface area contributed by atoms with Gasteiger partial charge in [0.1, 0.15) is 5.76 Å². The molecule has 182 valence electrons. The van der Waals surface area contributed by atoms with Crippen molar-refractivity contribution < 1.29 is 14.7 Å². The Bertz CT molecular complexity index is 1470. The Kier molecular flexibility index (Phi) is 6.42. The van der Waals surface area contributed by atoms with Gasteiger partial charge in [0, 0.05) is 34.2 Å². The summed E-state index contributed by atoms with van der Waals surface area (Å²) in [4.78, 5) is 31.4. The van der Waals surface area contributed by atoms with Crippen LogP contribution in [-0.2, 0) is 16.0 Å². The molecule has 36 heavy (non-hydrogen) atoms. The average Bonchev–Trinajstić information content (AvgIpc) is 3.41. The molecule has 0 saturated carbocycles. The molecule has 2 heterocycles. The number of aliphatic hydroxyl groups is 1. The third-order valence-electron chi connectivity index (χ3n) is 6.87. The van der Waals surface area contributed by atoms with Gasteiger partial charge in [-0.2, -0.15) is 0 Å². The number of H-pyrrole nitrogens is 1. The Morgan fingerprint density at radius 1 is 1.00 bits per heavy atom. The second kappa shape index (κ2) is 9.67. The van der Waals surface area contributed by atoms with Gasteiger partial charge < -0.3 is 15.0 Å². The number of nitrogens with zero attached hydrogens (tertiary/aromatic N) is 1. The van der Waals surface area contributed by atoms with E-state index in [0.29, 0.717) is 29.5 Å². The molecule has 2 N–H and O–H groups in total. The summed E-state index contributed by atoms with van der Waals surface area (Å²) in [5.41, 5.74) is 4.58. The standard InChI is InChI=1S/C30H27ClN2O3/c1-18(2)19-7-9-20(10-8-19)27-26(28(34)21-11-13-23(31)14-12-21)29(35)30(36)33(27)16-15-22-17-32-25-6-4-3-5-24(22)25/h3-14,17-18,27,32,34H,15-16H2,1-2H3. The fourth-order valence-electron chi connectivity index (χ4n) is 4.86. The molecule has 1 aromatic heterocycles. The zero-order valence-corrected chi connectivity index (χ0v) is 20.9. The number of benzene rings is 3. The van der Waals surface area contributed by atoms with E-state index in [1.54, 1.807) is 29.2 Å². The predicted octanol–water partition coefficient (Wildman–Crippen LogP) is 6.61. The number of Topliss-reactive ketones (excluding diaryl/α,β-unsaturated/α-hetero) is 1. The maximum Gasteiger partial charge on any atom is 0.295 e. The Hall–Kier alpha value is -3.83. The Morgan fingerprint density at radius 3 is 2.39 bits per heavy atom. The summed E-state index contributed by atoms with van der Waals surface area (Å²) >= 11 is 6.02. The monoisotopic (exact) mass is 498 g/mol. The number of amides is 1. The third kappa shape index (κ3) is 4.31. The van der Waals surface area contributed by atoms with E-state index in [1.165, 1.54) is 0 Å². The topological polar surface area (TPSA) is 73.4 Å². The number of para-hydroxylation sites is 1. The van der Waals surface area contributed by atoms with E-state index in [0.717, 1.165) is 27.6 Å². The van der Waals surface area contributed by atoms with E-state index < -0.39 is 17.7 Å². The number of fused-ring (bicyclic) bond motifs is 1. The van der Waals surface area contributed by atoms with E-state index in [9.17, 15) is 14.7 Å². The number of ketones is 1. The van der Waals surface area contributed by atoms with Gasteiger partial charge in [-0.25, -0.2) is 0 Å². The number of halogens is 1. The quantitative estimate of drug-likeness (QED) is 0.178. The SMILES string of the molecule is CC(C)c1ccc(C2C(=C(O)c3ccc(Cl)cc3)C(=O)C(=O)N2CCc2c[nH]c3ccccc23)cc1. The Balaban J connectivity index is 1.56. The first kappa shape index (κ1) is 23.9. The average molecular weight is 499 g/mol. The van der Waals surface area contributed by atoms with Crippen molar-refractivity contribution in [1.29, 1.82) is 0 Å². The molecule has 5 nitrogen and oxygen atoms in total. The van der Waals surface area contributed by atoms with Crippen LogP contribution in [0.5, 0.6) is 0 Å². The first-order valence-corrected chi connectivity index (χ1v) is 12.4. The number of aromatic nitrogens is 1. The highest BCUT2D eigenvalue weighted by molar-refractivity contribution is 6.46. The van der Waals surface area contributed by atoms with Gasteiger partial charge in [-0.1, -0.05) is 67.9 Å². The van der Waals surface area contributed by atoms with Gasteiger partial charge in [0.2, 0.25) is 0 Å². The molecule has 1 saturated heterocycles. The number of carbonyl (C=O) groups is 2. The van der Waals surface area contributed by atoms with Gasteiger partial charge in [-0.3, -0.25) is 9.59 Å². The van der Waals surface area contributed by atoms with E-state index >= 15 is 0 Å². The largest absolute Gasteiger partial charge is 0.507 e. The lowest BCUT2D eigenvalue weighted by Gasteiger charge is -2.25. The minimum absolute atomic E-state index is 0.0959. The number of nitrogens with one attached hydrogen (secondary N) is 1. The molecule has 1 amide bonds. The van der Waals surface area contributed by atoms with E-state index in [-0.39, 0.29) is 11.3 Å². The van der Waals surface area contributed by atoms with Crippen molar-refractivity contribution in [2.75, 3.05) is 6.54 Å². The van der Waals surface area contributed by atoms with Crippen LogP contribution in [0.3, 0.4) is 0 Å². The molecular formula is C30H27ClN2O3. The first-order valence-electron chi connectivity index (χ1n) is 12.0. The molecule has 0 aliphatic carbocycles. The van der Waals surface area contributed by atoms with Crippen LogP contribution >= 0.6 is 11.6 Å². The second-order valence-electron chi connectivity index (χ2n) is 9.43. The van der Waals surface area contributed by atoms with E-state index in [2.05, 4.69) is 18.8 Å². The highest BCUT2D eigenvalue weighted by Gasteiger charge is 2.45. The van der Waals surface area contributed by atoms with Gasteiger partial charge in [0.05, 0.1) is 11.6 Å². The molecule has 0 radical (unpaired) electrons. The van der Waals surface area contributed by atoms with Gasteiger partial charge in [-0.15, -0.1) is 0 Å². The van der Waals surface area contributed by atoms with Crippen molar-refractivity contribution >= 4 is 40.0 Å². The van der Waals surface area contributed by atoms with Crippen LogP contribution in [0.15, 0.2) is 84.6 Å². The zero-order chi connectivity index (χ0) is 25.4. The summed E-state index contributed by atoms with van der Waals surface area (Å²) in [7, 11) is 0. The molecular weight excluding hydrogens is 472 g/mol. The minimum atomic E-state index is -0.688. The molecule has 1 atom stereocenters. The van der Waals surface area contributed by atoms with Crippen LogP contribution < -0.4 is 0 Å². The summed E-state index contributed by atoms with van der Waals surface area (Å²) < 4.78 is 0. The number of carbonyl (C=O) groups excluding carboxylic acids is 2. The summed E-state index contributed by atoms with van der Waals surface area (Å²) in [6.45, 7) is 4.56. The molecule has 1 aliphatic rings. The number of aliphatic hydroxyl groups excluding tert-OH is 1. The maximum atomic E-state index is 13.3. The van der Waals surface area contributed by atoms with Crippen LogP contribution in [0.4, 0.5) is 0 Å². The fourth-order valence-corrected chi connectivity index (χ4v) is 4.99. The molecule has 1 unspecified atom stereocenters. The van der Waals surface area contributed by atoms with Crippen molar-refractivity contribution in [3.05, 3.63) is 112 Å². The van der Waals surface area contributed by atoms with Gasteiger partial charge >= 0.3 is 0 Å². The fraction of sp³-hybridized carbons (Fsp3) is 0.200. The minimum Gasteiger partial charge on any atom is -0.507 e. The molecule has 6 heteroatoms. The Labute approximate surface area is 215 Å². The number of rotatable bonds is 6. The van der Waals surface area contributed by atoms with Crippen molar-refractivity contribution in [2.24, 2.45) is 0 Å². The van der Waals surface area contributed by atoms with E-state index in [1.807, 2.05) is 54.7 Å². The number of hydrogen-bond donors (Lipinski definition) is 2. The predicted molar refractivity (Wildman–Crippen MR) is 143 cm³/mol. The number of aromatic amines is 1. The number of hydrogen-bond acceptors (Lipinski definition) is 3. The van der Waals surface area contributed by atoms with Crippen LogP contribution in [0, 0.1) is 0 Å². The number of likely N-dealkylation sites (tertiary alicyclic amines) is 1. The maximum absolute atomic E-state index is 13.3. The highest BCUT2D eigenvalue weighted by Crippen LogP contribution is 2.40. The van der Waals surface area contributed by atoms with Crippen molar-refractivity contribution in [1.82, 2.24) is 9.88 Å². The normalized spacial score (nSPS) is 17.4. The molecule has 0 spiro atoms. The lowest BCUT2D eigenvalue weighted by atomic mass is 9.93. The van der Waals surface area contributed by atoms with Crippen LogP contribution in [0.1, 0.15) is 48.1 Å². The van der Waals surface area contributed by atoms with Crippen LogP contribution in [0.25, 0.3) is 16.7 Å². The van der Waals surface area contributed by atoms with Crippen LogP contribution in [-0.4, -0.2) is 33.2 Å². The van der Waals surface area contributed by atoms with Gasteiger partial charge in [-0.05, 0) is 59.4 Å². The first-order chi connectivity index (χ1) is 17.3. The Morgan fingerprint density at radius 2 is 1.69 bits per heavy atom. The van der Waals surface area contributed by atoms with Gasteiger partial charge in [0.25, 0.3) is 11.7 Å². The van der Waals surface area contributed by atoms with Gasteiger partial charge in [0.15, 0.2) is 0 Å². The molecule has 0 bridgehead atoms. The summed E-state index contributed by atoms with van der Waals surface area (Å²) in [6, 6.07) is 21.8. The second-order valence-corrected chi connectivity index (χ2v) is 9.87. The molecule has 1 fully saturated rings. The van der Waals surface area contributed by atoms with Crippen molar-refractivity contribution in [3.8, 4) is 0 Å². The lowest BCUT2D eigenvalue weighted by Crippen LogP contribution is -2.31.